The largest absolute Gasteiger partial charge is 0.495 e. The maximum Gasteiger partial charge on any atom is 0.140 e. The van der Waals surface area contributed by atoms with Crippen molar-refractivity contribution in [1.29, 1.82) is 0 Å². The second kappa shape index (κ2) is 2.76. The highest BCUT2D eigenvalue weighted by Crippen LogP contribution is 2.20. The van der Waals surface area contributed by atoms with Gasteiger partial charge in [-0.15, -0.1) is 0 Å². The van der Waals surface area contributed by atoms with Crippen molar-refractivity contribution in [2.75, 3.05) is 7.11 Å². The van der Waals surface area contributed by atoms with E-state index >= 15 is 0 Å². The van der Waals surface area contributed by atoms with Crippen LogP contribution in [0.4, 0.5) is 0 Å². The Morgan fingerprint density at radius 2 is 2.15 bits per heavy atom. The van der Waals surface area contributed by atoms with Gasteiger partial charge in [-0.25, -0.2) is 4.98 Å². The monoisotopic (exact) mass is 176 g/mol. The molecule has 2 aromatic rings. The molecule has 0 atom stereocenters. The van der Waals surface area contributed by atoms with E-state index in [2.05, 4.69) is 22.5 Å². The van der Waals surface area contributed by atoms with Gasteiger partial charge in [0, 0.05) is 18.1 Å². The number of hydrogen-bond acceptors (Lipinski definition) is 2. The number of aromatic nitrogens is 2. The fourth-order valence-corrected chi connectivity index (χ4v) is 1.44. The van der Waals surface area contributed by atoms with E-state index in [0.717, 1.165) is 16.8 Å². The summed E-state index contributed by atoms with van der Waals surface area (Å²) in [6, 6.07) is 4.10. The van der Waals surface area contributed by atoms with Gasteiger partial charge >= 0.3 is 0 Å². The Morgan fingerprint density at radius 3 is 2.85 bits per heavy atom. The van der Waals surface area contributed by atoms with Crippen LogP contribution in [0.25, 0.3) is 11.0 Å². The van der Waals surface area contributed by atoms with Crippen molar-refractivity contribution in [3.05, 3.63) is 24.0 Å². The molecule has 0 radical (unpaired) electrons. The van der Waals surface area contributed by atoms with E-state index in [9.17, 15) is 0 Å². The zero-order chi connectivity index (χ0) is 9.42. The fourth-order valence-electron chi connectivity index (χ4n) is 1.44. The van der Waals surface area contributed by atoms with Gasteiger partial charge in [-0.1, -0.05) is 0 Å². The summed E-state index contributed by atoms with van der Waals surface area (Å²) in [6.45, 7) is 2.06. The molecular formula is C10H12N2O. The summed E-state index contributed by atoms with van der Waals surface area (Å²) in [5, 5.41) is 1.12. The molecule has 0 spiro atoms. The molecule has 0 saturated heterocycles. The molecule has 0 fully saturated rings. The minimum Gasteiger partial charge on any atom is -0.495 e. The average Bonchev–Trinajstić information content (AvgIpc) is 2.42. The van der Waals surface area contributed by atoms with Crippen molar-refractivity contribution >= 4 is 11.0 Å². The molecule has 68 valence electrons. The first-order valence-corrected chi connectivity index (χ1v) is 4.18. The van der Waals surface area contributed by atoms with E-state index in [1.54, 1.807) is 13.3 Å². The summed E-state index contributed by atoms with van der Waals surface area (Å²) < 4.78 is 7.16. The Balaban J connectivity index is 2.73. The molecule has 2 aromatic heterocycles. The smallest absolute Gasteiger partial charge is 0.140 e. The highest BCUT2D eigenvalue weighted by atomic mass is 16.5. The summed E-state index contributed by atoms with van der Waals surface area (Å²) in [6.07, 6.45) is 1.74. The van der Waals surface area contributed by atoms with Gasteiger partial charge in [0.25, 0.3) is 0 Å². The third-order valence-electron chi connectivity index (χ3n) is 2.32. The predicted molar refractivity (Wildman–Crippen MR) is 52.0 cm³/mol. The van der Waals surface area contributed by atoms with Gasteiger partial charge < -0.3 is 9.30 Å². The number of hydrogen-bond donors (Lipinski definition) is 0. The van der Waals surface area contributed by atoms with Crippen LogP contribution in [0.15, 0.2) is 18.3 Å². The van der Waals surface area contributed by atoms with Crippen molar-refractivity contribution < 1.29 is 4.74 Å². The minimum absolute atomic E-state index is 0.804. The summed E-state index contributed by atoms with van der Waals surface area (Å²) in [5.74, 6) is 0.804. The van der Waals surface area contributed by atoms with Crippen LogP contribution in [0.1, 0.15) is 5.69 Å². The second-order valence-corrected chi connectivity index (χ2v) is 3.13. The third-order valence-corrected chi connectivity index (χ3v) is 2.32. The molecular weight excluding hydrogens is 164 g/mol. The summed E-state index contributed by atoms with van der Waals surface area (Å²) in [5.41, 5.74) is 2.20. The maximum atomic E-state index is 5.10. The summed E-state index contributed by atoms with van der Waals surface area (Å²) in [7, 11) is 3.66. The number of ether oxygens (including phenoxy) is 1. The van der Waals surface area contributed by atoms with Crippen LogP contribution >= 0.6 is 0 Å². The Labute approximate surface area is 77.0 Å². The first-order valence-electron chi connectivity index (χ1n) is 4.18. The normalized spacial score (nSPS) is 10.7. The lowest BCUT2D eigenvalue weighted by atomic mass is 10.3. The van der Waals surface area contributed by atoms with Gasteiger partial charge in [0.15, 0.2) is 0 Å². The Morgan fingerprint density at radius 1 is 1.38 bits per heavy atom. The molecule has 3 nitrogen and oxygen atoms in total. The van der Waals surface area contributed by atoms with Gasteiger partial charge in [0.1, 0.15) is 11.4 Å². The molecule has 0 amide bonds. The lowest BCUT2D eigenvalue weighted by molar-refractivity contribution is 0.413. The SMILES string of the molecule is COc1cnc2c(c1)cc(C)n2C. The number of rotatable bonds is 1. The van der Waals surface area contributed by atoms with Crippen LogP contribution in [-0.4, -0.2) is 16.7 Å². The van der Waals surface area contributed by atoms with Gasteiger partial charge in [-0.2, -0.15) is 0 Å². The number of nitrogens with zero attached hydrogens (tertiary/aromatic N) is 2. The summed E-state index contributed by atoms with van der Waals surface area (Å²) >= 11 is 0. The number of aryl methyl sites for hydroxylation is 2. The van der Waals surface area contributed by atoms with Crippen molar-refractivity contribution in [1.82, 2.24) is 9.55 Å². The first kappa shape index (κ1) is 8.10. The molecule has 3 heteroatoms. The lowest BCUT2D eigenvalue weighted by Crippen LogP contribution is -1.92. The molecule has 13 heavy (non-hydrogen) atoms. The van der Waals surface area contributed by atoms with Crippen LogP contribution in [0.5, 0.6) is 5.75 Å². The number of methoxy groups -OCH3 is 1. The molecule has 0 aromatic carbocycles. The number of pyridine rings is 1. The molecule has 2 heterocycles. The third kappa shape index (κ3) is 1.16. The highest BCUT2D eigenvalue weighted by Gasteiger charge is 2.03. The average molecular weight is 176 g/mol. The van der Waals surface area contributed by atoms with Crippen LogP contribution in [0, 0.1) is 6.92 Å². The lowest BCUT2D eigenvalue weighted by Gasteiger charge is -1.99. The van der Waals surface area contributed by atoms with Crippen LogP contribution in [-0.2, 0) is 7.05 Å². The Hall–Kier alpha value is -1.51. The zero-order valence-electron chi connectivity index (χ0n) is 8.03. The topological polar surface area (TPSA) is 27.1 Å². The van der Waals surface area contributed by atoms with Crippen molar-refractivity contribution in [2.45, 2.75) is 6.92 Å². The van der Waals surface area contributed by atoms with Crippen molar-refractivity contribution in [3.8, 4) is 5.75 Å². The van der Waals surface area contributed by atoms with Crippen molar-refractivity contribution in [2.24, 2.45) is 7.05 Å². The zero-order valence-corrected chi connectivity index (χ0v) is 8.03. The van der Waals surface area contributed by atoms with E-state index < -0.39 is 0 Å². The standard InChI is InChI=1S/C10H12N2O/c1-7-4-8-5-9(13-3)6-11-10(8)12(7)2/h4-6H,1-3H3. The van der Waals surface area contributed by atoms with E-state index in [0.29, 0.717) is 0 Å². The second-order valence-electron chi connectivity index (χ2n) is 3.13. The summed E-state index contributed by atoms with van der Waals surface area (Å²) in [4.78, 5) is 4.31. The molecule has 0 aliphatic heterocycles. The number of fused-ring (bicyclic) bond motifs is 1. The van der Waals surface area contributed by atoms with E-state index in [1.807, 2.05) is 13.1 Å². The van der Waals surface area contributed by atoms with Crippen LogP contribution < -0.4 is 4.74 Å². The maximum absolute atomic E-state index is 5.10. The molecule has 0 saturated carbocycles. The quantitative estimate of drug-likeness (QED) is 0.663. The highest BCUT2D eigenvalue weighted by molar-refractivity contribution is 5.78. The Kier molecular flexibility index (Phi) is 1.72. The molecule has 0 aliphatic rings. The van der Waals surface area contributed by atoms with Crippen LogP contribution in [0.3, 0.4) is 0 Å². The predicted octanol–water partition coefficient (Wildman–Crippen LogP) is 1.89. The van der Waals surface area contributed by atoms with E-state index in [1.165, 1.54) is 5.69 Å². The molecule has 0 aliphatic carbocycles. The van der Waals surface area contributed by atoms with E-state index in [-0.39, 0.29) is 0 Å². The van der Waals surface area contributed by atoms with Gasteiger partial charge in [-0.3, -0.25) is 0 Å². The molecule has 0 bridgehead atoms. The van der Waals surface area contributed by atoms with Gasteiger partial charge in [0.05, 0.1) is 13.3 Å². The van der Waals surface area contributed by atoms with Crippen LogP contribution in [0.2, 0.25) is 0 Å². The van der Waals surface area contributed by atoms with Gasteiger partial charge in [-0.05, 0) is 19.1 Å². The minimum atomic E-state index is 0.804. The fraction of sp³-hybridized carbons (Fsp3) is 0.300. The van der Waals surface area contributed by atoms with Gasteiger partial charge in [0.2, 0.25) is 0 Å². The molecule has 0 N–H and O–H groups in total. The molecule has 0 unspecified atom stereocenters. The van der Waals surface area contributed by atoms with Crippen molar-refractivity contribution in [3.63, 3.8) is 0 Å². The first-order chi connectivity index (χ1) is 6.22. The van der Waals surface area contributed by atoms with E-state index in [4.69, 9.17) is 4.74 Å². The molecule has 2 rings (SSSR count). The Bertz CT molecular complexity index is 445.